The van der Waals surface area contributed by atoms with Crippen molar-refractivity contribution in [2.45, 2.75) is 13.3 Å². The van der Waals surface area contributed by atoms with Gasteiger partial charge in [-0.3, -0.25) is 4.79 Å². The van der Waals surface area contributed by atoms with Crippen LogP contribution in [0.15, 0.2) is 36.4 Å². The molecule has 0 N–H and O–H groups in total. The second-order valence-corrected chi connectivity index (χ2v) is 4.24. The first kappa shape index (κ1) is 13.3. The first-order valence-electron chi connectivity index (χ1n) is 5.72. The zero-order chi connectivity index (χ0) is 14.0. The molecule has 0 fully saturated rings. The lowest BCUT2D eigenvalue weighted by Crippen LogP contribution is -2.08. The summed E-state index contributed by atoms with van der Waals surface area (Å²) in [7, 11) is 0. The van der Waals surface area contributed by atoms with Gasteiger partial charge in [0.05, 0.1) is 0 Å². The van der Waals surface area contributed by atoms with Gasteiger partial charge in [0.25, 0.3) is 0 Å². The van der Waals surface area contributed by atoms with Crippen LogP contribution in [0.25, 0.3) is 0 Å². The molecule has 0 heterocycles. The van der Waals surface area contributed by atoms with Crippen LogP contribution in [0.4, 0.5) is 13.2 Å². The number of carbonyl (C=O) groups excluding carboxylic acids is 1. The molecule has 2 rings (SSSR count). The third kappa shape index (κ3) is 2.67. The van der Waals surface area contributed by atoms with Crippen LogP contribution in [-0.2, 0) is 6.42 Å². The molecule has 19 heavy (non-hydrogen) atoms. The molecule has 2 aromatic carbocycles. The fraction of sp³-hybridized carbons (Fsp3) is 0.133. The summed E-state index contributed by atoms with van der Waals surface area (Å²) >= 11 is 0. The summed E-state index contributed by atoms with van der Waals surface area (Å²) in [5, 5.41) is 0. The monoisotopic (exact) mass is 264 g/mol. The first-order chi connectivity index (χ1) is 9.00. The highest BCUT2D eigenvalue weighted by atomic mass is 19.2. The highest BCUT2D eigenvalue weighted by molar-refractivity contribution is 5.97. The molecule has 0 saturated heterocycles. The van der Waals surface area contributed by atoms with Crippen LogP contribution < -0.4 is 0 Å². The maximum absolute atomic E-state index is 13.6. The van der Waals surface area contributed by atoms with E-state index in [1.54, 1.807) is 30.3 Å². The second-order valence-electron chi connectivity index (χ2n) is 4.24. The van der Waals surface area contributed by atoms with E-state index in [0.717, 1.165) is 13.0 Å². The summed E-state index contributed by atoms with van der Waals surface area (Å²) in [6.07, 6.45) is -0.371. The van der Waals surface area contributed by atoms with Gasteiger partial charge in [0.1, 0.15) is 5.82 Å². The largest absolute Gasteiger partial charge is 0.294 e. The highest BCUT2D eigenvalue weighted by Crippen LogP contribution is 2.20. The summed E-state index contributed by atoms with van der Waals surface area (Å²) in [5.74, 6) is -3.64. The number of hydrogen-bond donors (Lipinski definition) is 0. The van der Waals surface area contributed by atoms with E-state index >= 15 is 0 Å². The first-order valence-corrected chi connectivity index (χ1v) is 5.72. The Kier molecular flexibility index (Phi) is 3.69. The number of benzene rings is 2. The van der Waals surface area contributed by atoms with Gasteiger partial charge in [0.2, 0.25) is 0 Å². The quantitative estimate of drug-likeness (QED) is 0.608. The normalized spacial score (nSPS) is 10.5. The van der Waals surface area contributed by atoms with Crippen LogP contribution in [0.2, 0.25) is 0 Å². The maximum atomic E-state index is 13.6. The van der Waals surface area contributed by atoms with Crippen molar-refractivity contribution in [2.75, 3.05) is 0 Å². The summed E-state index contributed by atoms with van der Waals surface area (Å²) in [4.78, 5) is 11.9. The summed E-state index contributed by atoms with van der Waals surface area (Å²) in [6, 6.07) is 9.08. The molecule has 0 unspecified atom stereocenters. The minimum Gasteiger partial charge on any atom is -0.294 e. The van der Waals surface area contributed by atoms with E-state index < -0.39 is 17.5 Å². The molecule has 0 atom stereocenters. The van der Waals surface area contributed by atoms with E-state index in [9.17, 15) is 18.0 Å². The maximum Gasteiger partial charge on any atom is 0.167 e. The van der Waals surface area contributed by atoms with Crippen molar-refractivity contribution in [3.63, 3.8) is 0 Å². The van der Waals surface area contributed by atoms with Gasteiger partial charge in [0, 0.05) is 23.1 Å². The van der Waals surface area contributed by atoms with Crippen LogP contribution in [0.1, 0.15) is 21.5 Å². The molecular weight excluding hydrogens is 253 g/mol. The Balaban J connectivity index is 2.32. The average molecular weight is 264 g/mol. The molecule has 0 amide bonds. The van der Waals surface area contributed by atoms with Crippen molar-refractivity contribution in [3.8, 4) is 0 Å². The summed E-state index contributed by atoms with van der Waals surface area (Å²) in [5.41, 5.74) is -0.272. The molecule has 0 aliphatic carbocycles. The number of halogens is 3. The second kappa shape index (κ2) is 5.26. The Morgan fingerprint density at radius 1 is 1.05 bits per heavy atom. The fourth-order valence-corrected chi connectivity index (χ4v) is 1.76. The Labute approximate surface area is 108 Å². The summed E-state index contributed by atoms with van der Waals surface area (Å²) < 4.78 is 40.4. The molecule has 0 saturated carbocycles. The van der Waals surface area contributed by atoms with Crippen molar-refractivity contribution >= 4 is 5.78 Å². The van der Waals surface area contributed by atoms with E-state index in [4.69, 9.17) is 0 Å². The Hall–Kier alpha value is -2.10. The van der Waals surface area contributed by atoms with E-state index in [-0.39, 0.29) is 23.3 Å². The van der Waals surface area contributed by atoms with Crippen molar-refractivity contribution in [3.05, 3.63) is 70.5 Å². The van der Waals surface area contributed by atoms with Crippen LogP contribution in [0.3, 0.4) is 0 Å². The van der Waals surface area contributed by atoms with E-state index in [1.165, 1.54) is 0 Å². The lowest BCUT2D eigenvalue weighted by atomic mass is 10.0. The van der Waals surface area contributed by atoms with Gasteiger partial charge >= 0.3 is 0 Å². The van der Waals surface area contributed by atoms with Crippen molar-refractivity contribution < 1.29 is 18.0 Å². The molecule has 2 aromatic rings. The molecule has 0 aromatic heterocycles. The predicted octanol–water partition coefficient (Wildman–Crippen LogP) is 3.84. The molecule has 4 heteroatoms. The minimum atomic E-state index is -1.24. The standard InChI is InChI=1S/C15H11F3O/c1-9-12(16)7-11(15(18)14(9)17)8-13(19)10-5-3-2-4-6-10/h2-7H,8H2,1H3. The number of Topliss-reactive ketones (excluding diaryl/α,β-unsaturated/α-hetero) is 1. The number of rotatable bonds is 3. The third-order valence-corrected chi connectivity index (χ3v) is 2.91. The van der Waals surface area contributed by atoms with Crippen molar-refractivity contribution in [2.24, 2.45) is 0 Å². The number of ketones is 1. The number of hydrogen-bond acceptors (Lipinski definition) is 1. The average Bonchev–Trinajstić information content (AvgIpc) is 2.43. The molecule has 0 radical (unpaired) electrons. The van der Waals surface area contributed by atoms with Gasteiger partial charge in [-0.1, -0.05) is 30.3 Å². The SMILES string of the molecule is Cc1c(F)cc(CC(=O)c2ccccc2)c(F)c1F. The van der Waals surface area contributed by atoms with E-state index in [0.29, 0.717) is 5.56 Å². The van der Waals surface area contributed by atoms with Gasteiger partial charge in [0.15, 0.2) is 17.4 Å². The van der Waals surface area contributed by atoms with E-state index in [2.05, 4.69) is 0 Å². The Morgan fingerprint density at radius 2 is 1.68 bits per heavy atom. The molecule has 0 spiro atoms. The van der Waals surface area contributed by atoms with Crippen molar-refractivity contribution in [1.82, 2.24) is 0 Å². The smallest absolute Gasteiger partial charge is 0.167 e. The van der Waals surface area contributed by atoms with Crippen LogP contribution >= 0.6 is 0 Å². The van der Waals surface area contributed by atoms with Crippen LogP contribution in [-0.4, -0.2) is 5.78 Å². The molecule has 0 bridgehead atoms. The Morgan fingerprint density at radius 3 is 2.32 bits per heavy atom. The Bertz CT molecular complexity index is 621. The predicted molar refractivity (Wildman–Crippen MR) is 65.5 cm³/mol. The van der Waals surface area contributed by atoms with Gasteiger partial charge in [-0.2, -0.15) is 0 Å². The zero-order valence-corrected chi connectivity index (χ0v) is 10.2. The minimum absolute atomic E-state index is 0.269. The van der Waals surface area contributed by atoms with Gasteiger partial charge in [-0.25, -0.2) is 13.2 Å². The topological polar surface area (TPSA) is 17.1 Å². The van der Waals surface area contributed by atoms with Crippen LogP contribution in [0, 0.1) is 24.4 Å². The molecule has 1 nitrogen and oxygen atoms in total. The summed E-state index contributed by atoms with van der Waals surface area (Å²) in [6.45, 7) is 1.15. The lowest BCUT2D eigenvalue weighted by molar-refractivity contribution is 0.0991. The zero-order valence-electron chi connectivity index (χ0n) is 10.2. The fourth-order valence-electron chi connectivity index (χ4n) is 1.76. The van der Waals surface area contributed by atoms with Gasteiger partial charge in [-0.15, -0.1) is 0 Å². The van der Waals surface area contributed by atoms with Crippen molar-refractivity contribution in [1.29, 1.82) is 0 Å². The number of carbonyl (C=O) groups is 1. The van der Waals surface area contributed by atoms with Gasteiger partial charge < -0.3 is 0 Å². The lowest BCUT2D eigenvalue weighted by Gasteiger charge is -2.07. The highest BCUT2D eigenvalue weighted by Gasteiger charge is 2.18. The molecule has 0 aliphatic rings. The van der Waals surface area contributed by atoms with Crippen LogP contribution in [0.5, 0.6) is 0 Å². The molecular formula is C15H11F3O. The molecule has 98 valence electrons. The van der Waals surface area contributed by atoms with Gasteiger partial charge in [-0.05, 0) is 13.0 Å². The molecule has 0 aliphatic heterocycles. The van der Waals surface area contributed by atoms with E-state index in [1.807, 2.05) is 0 Å². The third-order valence-electron chi connectivity index (χ3n) is 2.91.